The van der Waals surface area contributed by atoms with E-state index in [1.54, 1.807) is 19.1 Å². The summed E-state index contributed by atoms with van der Waals surface area (Å²) in [7, 11) is 3.30. The molecular formula is C27H35N3O4. The Morgan fingerprint density at radius 3 is 2.35 bits per heavy atom. The number of amides is 3. The van der Waals surface area contributed by atoms with Crippen LogP contribution < -0.4 is 4.74 Å². The Kier molecular flexibility index (Phi) is 7.85. The van der Waals surface area contributed by atoms with E-state index < -0.39 is 5.54 Å². The van der Waals surface area contributed by atoms with Crippen molar-refractivity contribution in [2.24, 2.45) is 0 Å². The molecule has 2 fully saturated rings. The van der Waals surface area contributed by atoms with E-state index in [4.69, 9.17) is 9.47 Å². The number of likely N-dealkylation sites (tertiary alicyclic amines) is 1. The lowest BCUT2D eigenvalue weighted by molar-refractivity contribution is -0.136. The minimum atomic E-state index is -0.757. The molecule has 2 aliphatic rings. The molecule has 0 aromatic heterocycles. The van der Waals surface area contributed by atoms with Crippen LogP contribution in [0.15, 0.2) is 54.6 Å². The molecular weight excluding hydrogens is 430 g/mol. The SMILES string of the molecule is COCCN1C(=O)N(CCCc2ccccc2)C(=O)C12CCN(Cc1cccc(OC)c1)CC2. The molecule has 0 bridgehead atoms. The number of aryl methyl sites for hydroxylation is 1. The Labute approximate surface area is 202 Å². The van der Waals surface area contributed by atoms with E-state index in [9.17, 15) is 9.59 Å². The van der Waals surface area contributed by atoms with Crippen LogP contribution in [0.3, 0.4) is 0 Å². The number of urea groups is 1. The summed E-state index contributed by atoms with van der Waals surface area (Å²) in [6.07, 6.45) is 2.88. The molecule has 7 heteroatoms. The normalized spacial score (nSPS) is 18.2. The largest absolute Gasteiger partial charge is 0.497 e. The molecule has 2 aliphatic heterocycles. The summed E-state index contributed by atoms with van der Waals surface area (Å²) in [5, 5.41) is 0. The van der Waals surface area contributed by atoms with E-state index >= 15 is 0 Å². The summed E-state index contributed by atoms with van der Waals surface area (Å²) in [4.78, 5) is 32.6. The van der Waals surface area contributed by atoms with Crippen molar-refractivity contribution < 1.29 is 19.1 Å². The molecule has 0 N–H and O–H groups in total. The molecule has 2 saturated heterocycles. The van der Waals surface area contributed by atoms with Crippen LogP contribution in [0.4, 0.5) is 4.79 Å². The van der Waals surface area contributed by atoms with Gasteiger partial charge >= 0.3 is 6.03 Å². The van der Waals surface area contributed by atoms with E-state index in [-0.39, 0.29) is 11.9 Å². The second kappa shape index (κ2) is 11.0. The average Bonchev–Trinajstić information content (AvgIpc) is 3.05. The van der Waals surface area contributed by atoms with Gasteiger partial charge in [-0.25, -0.2) is 4.79 Å². The zero-order valence-corrected chi connectivity index (χ0v) is 20.2. The van der Waals surface area contributed by atoms with Crippen LogP contribution in [0.25, 0.3) is 0 Å². The van der Waals surface area contributed by atoms with Crippen LogP contribution in [-0.4, -0.2) is 79.2 Å². The standard InChI is InChI=1S/C27H35N3O4/c1-33-19-18-30-26(32)29(15-7-11-22-8-4-3-5-9-22)25(31)27(30)13-16-28(17-14-27)21-23-10-6-12-24(20-23)34-2/h3-6,8-10,12,20H,7,11,13-19,21H2,1-2H3. The fourth-order valence-electron chi connectivity index (χ4n) is 5.15. The smallest absolute Gasteiger partial charge is 0.327 e. The van der Waals surface area contributed by atoms with E-state index in [0.717, 1.165) is 38.2 Å². The monoisotopic (exact) mass is 465 g/mol. The second-order valence-electron chi connectivity index (χ2n) is 9.13. The van der Waals surface area contributed by atoms with Crippen molar-refractivity contribution >= 4 is 11.9 Å². The molecule has 7 nitrogen and oxygen atoms in total. The van der Waals surface area contributed by atoms with E-state index in [2.05, 4.69) is 23.1 Å². The summed E-state index contributed by atoms with van der Waals surface area (Å²) in [6, 6.07) is 18.1. The Bertz CT molecular complexity index is 973. The highest BCUT2D eigenvalue weighted by molar-refractivity contribution is 6.07. The Hall–Kier alpha value is -2.90. The van der Waals surface area contributed by atoms with Crippen LogP contribution in [0.5, 0.6) is 5.75 Å². The Balaban J connectivity index is 1.42. The van der Waals surface area contributed by atoms with Crippen molar-refractivity contribution in [2.75, 3.05) is 47.0 Å². The molecule has 0 saturated carbocycles. The Morgan fingerprint density at radius 1 is 0.912 bits per heavy atom. The highest BCUT2D eigenvalue weighted by atomic mass is 16.5. The zero-order chi connectivity index (χ0) is 24.0. The molecule has 34 heavy (non-hydrogen) atoms. The fourth-order valence-corrected chi connectivity index (χ4v) is 5.15. The molecule has 2 heterocycles. The number of benzene rings is 2. The highest BCUT2D eigenvalue weighted by Crippen LogP contribution is 2.37. The maximum atomic E-state index is 13.6. The van der Waals surface area contributed by atoms with Crippen molar-refractivity contribution in [2.45, 2.75) is 37.8 Å². The van der Waals surface area contributed by atoms with Gasteiger partial charge in [-0.1, -0.05) is 42.5 Å². The molecule has 0 aliphatic carbocycles. The average molecular weight is 466 g/mol. The molecule has 2 aromatic rings. The van der Waals surface area contributed by atoms with E-state index in [1.807, 2.05) is 36.4 Å². The first-order valence-electron chi connectivity index (χ1n) is 12.1. The van der Waals surface area contributed by atoms with E-state index in [0.29, 0.717) is 32.5 Å². The predicted molar refractivity (Wildman–Crippen MR) is 131 cm³/mol. The van der Waals surface area contributed by atoms with Crippen molar-refractivity contribution in [3.63, 3.8) is 0 Å². The van der Waals surface area contributed by atoms with Crippen molar-refractivity contribution in [1.29, 1.82) is 0 Å². The van der Waals surface area contributed by atoms with E-state index in [1.165, 1.54) is 16.0 Å². The number of nitrogens with zero attached hydrogens (tertiary/aromatic N) is 3. The summed E-state index contributed by atoms with van der Waals surface area (Å²) in [5.74, 6) is 0.808. The van der Waals surface area contributed by atoms with Crippen molar-refractivity contribution in [3.8, 4) is 5.75 Å². The third kappa shape index (κ3) is 5.10. The van der Waals surface area contributed by atoms with Crippen LogP contribution in [-0.2, 0) is 22.5 Å². The third-order valence-corrected chi connectivity index (χ3v) is 7.05. The number of hydrogen-bond donors (Lipinski definition) is 0. The summed E-state index contributed by atoms with van der Waals surface area (Å²) >= 11 is 0. The summed E-state index contributed by atoms with van der Waals surface area (Å²) in [6.45, 7) is 3.63. The fraction of sp³-hybridized carbons (Fsp3) is 0.481. The molecule has 4 rings (SSSR count). The van der Waals surface area contributed by atoms with Crippen LogP contribution in [0.2, 0.25) is 0 Å². The minimum Gasteiger partial charge on any atom is -0.497 e. The quantitative estimate of drug-likeness (QED) is 0.502. The lowest BCUT2D eigenvalue weighted by atomic mass is 9.85. The first-order chi connectivity index (χ1) is 16.6. The van der Waals surface area contributed by atoms with Gasteiger partial charge in [0.2, 0.25) is 0 Å². The minimum absolute atomic E-state index is 0.0392. The first kappa shape index (κ1) is 24.2. The van der Waals surface area contributed by atoms with Gasteiger partial charge in [0, 0.05) is 39.8 Å². The number of rotatable bonds is 10. The van der Waals surface area contributed by atoms with Gasteiger partial charge < -0.3 is 14.4 Å². The van der Waals surface area contributed by atoms with Gasteiger partial charge in [0.15, 0.2) is 0 Å². The Morgan fingerprint density at radius 2 is 1.65 bits per heavy atom. The van der Waals surface area contributed by atoms with Crippen molar-refractivity contribution in [1.82, 2.24) is 14.7 Å². The van der Waals surface area contributed by atoms with Crippen LogP contribution in [0, 0.1) is 0 Å². The predicted octanol–water partition coefficient (Wildman–Crippen LogP) is 3.57. The zero-order valence-electron chi connectivity index (χ0n) is 20.2. The third-order valence-electron chi connectivity index (χ3n) is 7.05. The number of imide groups is 1. The number of piperidine rings is 1. The highest BCUT2D eigenvalue weighted by Gasteiger charge is 2.57. The van der Waals surface area contributed by atoms with Gasteiger partial charge in [0.1, 0.15) is 11.3 Å². The maximum Gasteiger partial charge on any atom is 0.327 e. The molecule has 3 amide bonds. The second-order valence-corrected chi connectivity index (χ2v) is 9.13. The lowest BCUT2D eigenvalue weighted by Crippen LogP contribution is -2.57. The molecule has 1 spiro atoms. The molecule has 0 atom stereocenters. The van der Waals surface area contributed by atoms with Crippen molar-refractivity contribution in [3.05, 3.63) is 65.7 Å². The number of carbonyl (C=O) groups excluding carboxylic acids is 2. The van der Waals surface area contributed by atoms with Crippen LogP contribution >= 0.6 is 0 Å². The van der Waals surface area contributed by atoms with Gasteiger partial charge in [0.05, 0.1) is 13.7 Å². The first-order valence-corrected chi connectivity index (χ1v) is 12.1. The lowest BCUT2D eigenvalue weighted by Gasteiger charge is -2.42. The number of ether oxygens (including phenoxy) is 2. The van der Waals surface area contributed by atoms with Gasteiger partial charge in [-0.3, -0.25) is 14.6 Å². The molecule has 0 unspecified atom stereocenters. The molecule has 2 aromatic carbocycles. The van der Waals surface area contributed by atoms with Crippen LogP contribution in [0.1, 0.15) is 30.4 Å². The topological polar surface area (TPSA) is 62.3 Å². The summed E-state index contributed by atoms with van der Waals surface area (Å²) in [5.41, 5.74) is 1.65. The van der Waals surface area contributed by atoms with Gasteiger partial charge in [-0.2, -0.15) is 0 Å². The summed E-state index contributed by atoms with van der Waals surface area (Å²) < 4.78 is 10.6. The van der Waals surface area contributed by atoms with Gasteiger partial charge in [-0.05, 0) is 48.9 Å². The van der Waals surface area contributed by atoms with Gasteiger partial charge in [0.25, 0.3) is 5.91 Å². The molecule has 0 radical (unpaired) electrons. The maximum absolute atomic E-state index is 13.6. The number of methoxy groups -OCH3 is 2. The number of carbonyl (C=O) groups is 2. The number of hydrogen-bond acceptors (Lipinski definition) is 5. The van der Waals surface area contributed by atoms with Gasteiger partial charge in [-0.15, -0.1) is 0 Å². The molecule has 182 valence electrons.